The van der Waals surface area contributed by atoms with Crippen LogP contribution < -0.4 is 4.72 Å². The van der Waals surface area contributed by atoms with Gasteiger partial charge in [-0.3, -0.25) is 4.79 Å². The molecule has 3 aromatic rings. The molecule has 5 heteroatoms. The van der Waals surface area contributed by atoms with E-state index in [1.54, 1.807) is 12.1 Å². The Balaban J connectivity index is 2.03. The average Bonchev–Trinajstić information content (AvgIpc) is 2.76. The normalized spacial score (nSPS) is 15.5. The smallest absolute Gasteiger partial charge is 0.266 e. The summed E-state index contributed by atoms with van der Waals surface area (Å²) in [6.07, 6.45) is 0. The summed E-state index contributed by atoms with van der Waals surface area (Å²) in [6, 6.07) is 18.6. The molecule has 0 bridgehead atoms. The van der Waals surface area contributed by atoms with Crippen LogP contribution in [0.15, 0.2) is 65.6 Å². The molecule has 0 unspecified atom stereocenters. The molecule has 22 heavy (non-hydrogen) atoms. The lowest BCUT2D eigenvalue weighted by Crippen LogP contribution is -2.20. The van der Waals surface area contributed by atoms with Gasteiger partial charge in [-0.25, -0.2) is 13.1 Å². The number of sulfonamides is 1. The second kappa shape index (κ2) is 4.42. The number of carbonyl (C=O) groups excluding carboxylic acids is 1. The van der Waals surface area contributed by atoms with Crippen LogP contribution in [0.1, 0.15) is 10.4 Å². The largest absolute Gasteiger partial charge is 0.268 e. The molecule has 4 rings (SSSR count). The molecule has 0 aliphatic carbocycles. The Morgan fingerprint density at radius 2 is 1.50 bits per heavy atom. The van der Waals surface area contributed by atoms with Crippen LogP contribution in [0.25, 0.3) is 21.9 Å². The highest BCUT2D eigenvalue weighted by atomic mass is 32.2. The lowest BCUT2D eigenvalue weighted by Gasteiger charge is -2.08. The van der Waals surface area contributed by atoms with Crippen molar-refractivity contribution in [3.8, 4) is 11.1 Å². The predicted octanol–water partition coefficient (Wildman–Crippen LogP) is 2.94. The quantitative estimate of drug-likeness (QED) is 0.751. The van der Waals surface area contributed by atoms with Crippen LogP contribution in [0.5, 0.6) is 0 Å². The number of amides is 1. The van der Waals surface area contributed by atoms with Gasteiger partial charge in [-0.1, -0.05) is 48.5 Å². The van der Waals surface area contributed by atoms with Gasteiger partial charge in [0.15, 0.2) is 0 Å². The Hall–Kier alpha value is -2.66. The SMILES string of the molecule is O=C1NS(=O)(=O)c2c1cccc2-c1ccc2ccccc2c1. The summed E-state index contributed by atoms with van der Waals surface area (Å²) in [4.78, 5) is 11.9. The van der Waals surface area contributed by atoms with Crippen molar-refractivity contribution in [2.24, 2.45) is 0 Å². The van der Waals surface area contributed by atoms with Crippen LogP contribution in [0, 0.1) is 0 Å². The first-order chi connectivity index (χ1) is 10.6. The van der Waals surface area contributed by atoms with E-state index in [4.69, 9.17) is 0 Å². The molecule has 1 aliphatic rings. The highest BCUT2D eigenvalue weighted by Crippen LogP contribution is 2.34. The number of rotatable bonds is 1. The van der Waals surface area contributed by atoms with E-state index in [0.717, 1.165) is 16.3 Å². The first-order valence-electron chi connectivity index (χ1n) is 6.76. The molecule has 0 spiro atoms. The molecule has 108 valence electrons. The fraction of sp³-hybridized carbons (Fsp3) is 0. The van der Waals surface area contributed by atoms with E-state index in [9.17, 15) is 13.2 Å². The van der Waals surface area contributed by atoms with E-state index >= 15 is 0 Å². The summed E-state index contributed by atoms with van der Waals surface area (Å²) in [5.41, 5.74) is 1.52. The molecule has 1 amide bonds. The molecule has 1 heterocycles. The fourth-order valence-electron chi connectivity index (χ4n) is 2.82. The van der Waals surface area contributed by atoms with E-state index in [0.29, 0.717) is 5.56 Å². The van der Waals surface area contributed by atoms with Gasteiger partial charge in [-0.05, 0) is 28.5 Å². The molecule has 3 aromatic carbocycles. The van der Waals surface area contributed by atoms with Crippen molar-refractivity contribution in [1.82, 2.24) is 4.72 Å². The highest BCUT2D eigenvalue weighted by molar-refractivity contribution is 7.90. The first kappa shape index (κ1) is 13.0. The molecular formula is C17H11NO3S. The highest BCUT2D eigenvalue weighted by Gasteiger charge is 2.35. The molecule has 0 saturated heterocycles. The second-order valence-electron chi connectivity index (χ2n) is 5.18. The molecule has 0 fully saturated rings. The third-order valence-corrected chi connectivity index (χ3v) is 5.25. The van der Waals surface area contributed by atoms with Crippen LogP contribution in [-0.4, -0.2) is 14.3 Å². The van der Waals surface area contributed by atoms with Crippen molar-refractivity contribution in [2.45, 2.75) is 4.90 Å². The summed E-state index contributed by atoms with van der Waals surface area (Å²) < 4.78 is 26.4. The van der Waals surface area contributed by atoms with Gasteiger partial charge in [-0.2, -0.15) is 0 Å². The van der Waals surface area contributed by atoms with Crippen molar-refractivity contribution < 1.29 is 13.2 Å². The number of carbonyl (C=O) groups is 1. The maximum Gasteiger partial charge on any atom is 0.266 e. The molecule has 0 aromatic heterocycles. The van der Waals surface area contributed by atoms with Gasteiger partial charge < -0.3 is 0 Å². The predicted molar refractivity (Wildman–Crippen MR) is 84.0 cm³/mol. The van der Waals surface area contributed by atoms with Gasteiger partial charge in [-0.15, -0.1) is 0 Å². The van der Waals surface area contributed by atoms with E-state index in [1.165, 1.54) is 6.07 Å². The first-order valence-corrected chi connectivity index (χ1v) is 8.24. The maximum atomic E-state index is 12.2. The van der Waals surface area contributed by atoms with Crippen LogP contribution >= 0.6 is 0 Å². The van der Waals surface area contributed by atoms with Crippen molar-refractivity contribution in [3.05, 3.63) is 66.2 Å². The summed E-state index contributed by atoms with van der Waals surface area (Å²) in [5, 5.41) is 2.10. The molecule has 0 radical (unpaired) electrons. The van der Waals surface area contributed by atoms with E-state index in [-0.39, 0.29) is 10.5 Å². The zero-order valence-corrected chi connectivity index (χ0v) is 12.2. The number of hydrogen-bond acceptors (Lipinski definition) is 3. The van der Waals surface area contributed by atoms with Gasteiger partial charge in [0, 0.05) is 5.56 Å². The molecule has 0 atom stereocenters. The monoisotopic (exact) mass is 309 g/mol. The summed E-state index contributed by atoms with van der Waals surface area (Å²) in [6.45, 7) is 0. The zero-order chi connectivity index (χ0) is 15.3. The number of fused-ring (bicyclic) bond motifs is 2. The van der Waals surface area contributed by atoms with Crippen molar-refractivity contribution in [3.63, 3.8) is 0 Å². The van der Waals surface area contributed by atoms with Crippen LogP contribution in [0.2, 0.25) is 0 Å². The van der Waals surface area contributed by atoms with Crippen LogP contribution in [-0.2, 0) is 10.0 Å². The van der Waals surface area contributed by atoms with E-state index in [2.05, 4.69) is 0 Å². The van der Waals surface area contributed by atoms with Crippen molar-refractivity contribution >= 4 is 26.7 Å². The number of nitrogens with one attached hydrogen (secondary N) is 1. The zero-order valence-electron chi connectivity index (χ0n) is 11.4. The third-order valence-electron chi connectivity index (χ3n) is 3.82. The number of benzene rings is 3. The Labute approximate surface area is 127 Å². The van der Waals surface area contributed by atoms with Gasteiger partial charge in [0.25, 0.3) is 15.9 Å². The third kappa shape index (κ3) is 1.83. The maximum absolute atomic E-state index is 12.2. The summed E-state index contributed by atoms with van der Waals surface area (Å²) in [5.74, 6) is -0.572. The molecular weight excluding hydrogens is 298 g/mol. The standard InChI is InChI=1S/C17H11NO3S/c19-17-15-7-3-6-14(16(15)22(20,21)18-17)13-9-8-11-4-1-2-5-12(11)10-13/h1-10H,(H,18,19). The van der Waals surface area contributed by atoms with Gasteiger partial charge in [0.2, 0.25) is 0 Å². The van der Waals surface area contributed by atoms with Crippen LogP contribution in [0.3, 0.4) is 0 Å². The molecule has 1 aliphatic heterocycles. The molecule has 1 N–H and O–H groups in total. The van der Waals surface area contributed by atoms with Crippen LogP contribution in [0.4, 0.5) is 0 Å². The average molecular weight is 309 g/mol. The minimum absolute atomic E-state index is 0.0651. The Morgan fingerprint density at radius 3 is 2.32 bits per heavy atom. The minimum Gasteiger partial charge on any atom is -0.268 e. The minimum atomic E-state index is -3.79. The molecule has 4 nitrogen and oxygen atoms in total. The number of hydrogen-bond donors (Lipinski definition) is 1. The van der Waals surface area contributed by atoms with Crippen molar-refractivity contribution in [2.75, 3.05) is 0 Å². The second-order valence-corrected chi connectivity index (χ2v) is 6.80. The van der Waals surface area contributed by atoms with Gasteiger partial charge >= 0.3 is 0 Å². The Bertz CT molecular complexity index is 1040. The van der Waals surface area contributed by atoms with E-state index in [1.807, 2.05) is 47.2 Å². The molecule has 0 saturated carbocycles. The lowest BCUT2D eigenvalue weighted by atomic mass is 9.99. The van der Waals surface area contributed by atoms with Gasteiger partial charge in [0.1, 0.15) is 4.90 Å². The topological polar surface area (TPSA) is 63.2 Å². The van der Waals surface area contributed by atoms with E-state index < -0.39 is 15.9 Å². The van der Waals surface area contributed by atoms with Crippen molar-refractivity contribution in [1.29, 1.82) is 0 Å². The Kier molecular flexibility index (Phi) is 2.62. The summed E-state index contributed by atoms with van der Waals surface area (Å²) >= 11 is 0. The van der Waals surface area contributed by atoms with Gasteiger partial charge in [0.05, 0.1) is 5.56 Å². The lowest BCUT2D eigenvalue weighted by molar-refractivity contribution is 0.0985. The fourth-order valence-corrected chi connectivity index (χ4v) is 4.20. The Morgan fingerprint density at radius 1 is 0.773 bits per heavy atom. The summed E-state index contributed by atoms with van der Waals surface area (Å²) in [7, 11) is -3.79.